The van der Waals surface area contributed by atoms with E-state index in [1.54, 1.807) is 43.3 Å². The molecule has 0 bridgehead atoms. The molecule has 4 aromatic carbocycles. The molecule has 0 spiro atoms. The van der Waals surface area contributed by atoms with Crippen molar-refractivity contribution < 1.29 is 57.2 Å². The van der Waals surface area contributed by atoms with E-state index in [9.17, 15) is 22.9 Å². The summed E-state index contributed by atoms with van der Waals surface area (Å²) < 4.78 is 38.0. The number of nitrogens with zero attached hydrogens (tertiary/aromatic N) is 2. The molecule has 196 valence electrons. The number of amides is 1. The van der Waals surface area contributed by atoms with Crippen LogP contribution in [-0.4, -0.2) is 26.0 Å². The number of hydrogen-bond acceptors (Lipinski definition) is 7. The van der Waals surface area contributed by atoms with Crippen molar-refractivity contribution in [3.05, 3.63) is 81.8 Å². The van der Waals surface area contributed by atoms with E-state index in [0.717, 1.165) is 12.1 Å². The molecule has 39 heavy (non-hydrogen) atoms. The average Bonchev–Trinajstić information content (AvgIpc) is 2.88. The van der Waals surface area contributed by atoms with Gasteiger partial charge in [0.2, 0.25) is 0 Å². The summed E-state index contributed by atoms with van der Waals surface area (Å²) in [6.45, 7) is 1.78. The van der Waals surface area contributed by atoms with Gasteiger partial charge < -0.3 is 15.2 Å². The number of hydrogen-bond donors (Lipinski definition) is 2. The topological polar surface area (TPSA) is 140 Å². The zero-order valence-electron chi connectivity index (χ0n) is 21.0. The van der Waals surface area contributed by atoms with Crippen molar-refractivity contribution in [3.8, 4) is 11.5 Å². The molecular formula is C26H20Cl2N3NaO6S. The average molecular weight is 596 g/mol. The summed E-state index contributed by atoms with van der Waals surface area (Å²) in [5.74, 6) is -1.04. The largest absolute Gasteiger partial charge is 1.00 e. The summed E-state index contributed by atoms with van der Waals surface area (Å²) in [5, 5.41) is 25.7. The normalized spacial score (nSPS) is 11.4. The third kappa shape index (κ3) is 6.72. The minimum atomic E-state index is -4.57. The van der Waals surface area contributed by atoms with Crippen molar-refractivity contribution in [2.45, 2.75) is 18.2 Å². The van der Waals surface area contributed by atoms with Crippen LogP contribution < -0.4 is 44.7 Å². The van der Waals surface area contributed by atoms with Gasteiger partial charge in [-0.3, -0.25) is 9.35 Å². The van der Waals surface area contributed by atoms with E-state index in [4.69, 9.17) is 27.9 Å². The molecule has 2 N–H and O–H groups in total. The number of benzene rings is 4. The Balaban J connectivity index is 0.00000420. The molecule has 13 heteroatoms. The predicted octanol–water partition coefficient (Wildman–Crippen LogP) is 3.71. The molecule has 0 fully saturated rings. The van der Waals surface area contributed by atoms with Gasteiger partial charge in [-0.25, -0.2) is 0 Å². The van der Waals surface area contributed by atoms with Gasteiger partial charge in [0.25, 0.3) is 16.0 Å². The van der Waals surface area contributed by atoms with Gasteiger partial charge in [-0.15, -0.1) is 0 Å². The Bertz CT molecular complexity index is 1710. The monoisotopic (exact) mass is 595 g/mol. The molecule has 0 atom stereocenters. The Hall–Kier alpha value is -2.70. The zero-order valence-corrected chi connectivity index (χ0v) is 25.4. The van der Waals surface area contributed by atoms with Gasteiger partial charge in [0.1, 0.15) is 5.75 Å². The molecule has 0 saturated carbocycles. The summed E-state index contributed by atoms with van der Waals surface area (Å²) in [5.41, 5.74) is 0.560. The quantitative estimate of drug-likeness (QED) is 0.189. The summed E-state index contributed by atoms with van der Waals surface area (Å²) in [6, 6.07) is 15.1. The van der Waals surface area contributed by atoms with Crippen molar-refractivity contribution >= 4 is 67.1 Å². The van der Waals surface area contributed by atoms with Crippen molar-refractivity contribution in [3.63, 3.8) is 0 Å². The SMILES string of the molecule is CCc1c(Cl)cc(S(=O)(=O)O)cc1N=Nc1c([O-])c(C(=O)Nc2ccc(Cl)c(OC)c2)cc2ccccc12.[Na+]. The Morgan fingerprint density at radius 1 is 1.05 bits per heavy atom. The standard InChI is InChI=1S/C26H21Cl2N3O6S.Na/c1-3-17-21(28)12-16(38(34,35)36)13-22(17)30-31-24-18-7-5-4-6-14(18)10-19(25(24)32)26(33)29-15-8-9-20(27)23(11-15)37-2;/h4-13,32H,3H2,1-2H3,(H,29,33)(H,34,35,36);/q;+1/p-1. The first-order valence-corrected chi connectivity index (χ1v) is 13.3. The van der Waals surface area contributed by atoms with Crippen LogP contribution in [0.4, 0.5) is 17.1 Å². The number of fused-ring (bicyclic) bond motifs is 1. The van der Waals surface area contributed by atoms with E-state index in [2.05, 4.69) is 15.5 Å². The summed E-state index contributed by atoms with van der Waals surface area (Å²) in [6.07, 6.45) is 0.372. The van der Waals surface area contributed by atoms with Gasteiger partial charge in [0.05, 0.1) is 28.4 Å². The number of ether oxygens (including phenoxy) is 1. The van der Waals surface area contributed by atoms with Crippen LogP contribution in [0.15, 0.2) is 75.8 Å². The van der Waals surface area contributed by atoms with Crippen LogP contribution >= 0.6 is 23.2 Å². The molecule has 0 aliphatic carbocycles. The van der Waals surface area contributed by atoms with Crippen molar-refractivity contribution in [1.29, 1.82) is 0 Å². The fourth-order valence-corrected chi connectivity index (χ4v) is 4.94. The fraction of sp³-hybridized carbons (Fsp3) is 0.115. The number of carbonyl (C=O) groups excluding carboxylic acids is 1. The second kappa shape index (κ2) is 12.6. The minimum absolute atomic E-state index is 0. The van der Waals surface area contributed by atoms with Crippen LogP contribution in [0.25, 0.3) is 10.8 Å². The van der Waals surface area contributed by atoms with E-state index in [1.165, 1.54) is 19.2 Å². The summed E-state index contributed by atoms with van der Waals surface area (Å²) in [7, 11) is -3.14. The van der Waals surface area contributed by atoms with E-state index >= 15 is 0 Å². The van der Waals surface area contributed by atoms with Crippen molar-refractivity contribution in [2.75, 3.05) is 12.4 Å². The molecular weight excluding hydrogens is 576 g/mol. The van der Waals surface area contributed by atoms with Crippen LogP contribution in [0.2, 0.25) is 10.0 Å². The number of nitrogens with one attached hydrogen (secondary N) is 1. The van der Waals surface area contributed by atoms with Crippen LogP contribution in [0.1, 0.15) is 22.8 Å². The summed E-state index contributed by atoms with van der Waals surface area (Å²) in [4.78, 5) is 12.7. The van der Waals surface area contributed by atoms with Gasteiger partial charge in [-0.05, 0) is 47.7 Å². The van der Waals surface area contributed by atoms with E-state index in [0.29, 0.717) is 39.2 Å². The smallest absolute Gasteiger partial charge is 0.870 e. The Morgan fingerprint density at radius 3 is 2.44 bits per heavy atom. The van der Waals surface area contributed by atoms with Crippen LogP contribution in [0.3, 0.4) is 0 Å². The molecule has 4 rings (SSSR count). The van der Waals surface area contributed by atoms with Gasteiger partial charge >= 0.3 is 29.6 Å². The Kier molecular flexibility index (Phi) is 10.0. The molecule has 0 heterocycles. The van der Waals surface area contributed by atoms with Gasteiger partial charge in [0, 0.05) is 27.7 Å². The first-order valence-electron chi connectivity index (χ1n) is 11.1. The zero-order chi connectivity index (χ0) is 27.6. The third-order valence-electron chi connectivity index (χ3n) is 5.68. The first kappa shape index (κ1) is 30.8. The van der Waals surface area contributed by atoms with Gasteiger partial charge in [-0.1, -0.05) is 60.1 Å². The van der Waals surface area contributed by atoms with Crippen LogP contribution in [0.5, 0.6) is 11.5 Å². The van der Waals surface area contributed by atoms with Crippen LogP contribution in [0, 0.1) is 0 Å². The number of azo groups is 1. The maximum Gasteiger partial charge on any atom is 1.00 e. The second-order valence-corrected chi connectivity index (χ2v) is 10.3. The maximum atomic E-state index is 13.4. The maximum absolute atomic E-state index is 13.4. The van der Waals surface area contributed by atoms with E-state index < -0.39 is 26.7 Å². The third-order valence-corrected chi connectivity index (χ3v) is 7.16. The number of anilines is 1. The molecule has 0 unspecified atom stereocenters. The Morgan fingerprint density at radius 2 is 1.77 bits per heavy atom. The molecule has 0 aliphatic rings. The fourth-order valence-electron chi connectivity index (χ4n) is 3.80. The Labute approximate surface area is 256 Å². The molecule has 0 radical (unpaired) electrons. The van der Waals surface area contributed by atoms with E-state index in [-0.39, 0.29) is 51.5 Å². The second-order valence-electron chi connectivity index (χ2n) is 8.06. The van der Waals surface area contributed by atoms with Crippen LogP contribution in [-0.2, 0) is 16.5 Å². The van der Waals surface area contributed by atoms with Crippen molar-refractivity contribution in [1.82, 2.24) is 0 Å². The minimum Gasteiger partial charge on any atom is -0.870 e. The summed E-state index contributed by atoms with van der Waals surface area (Å²) >= 11 is 12.3. The number of halogens is 2. The van der Waals surface area contributed by atoms with Crippen molar-refractivity contribution in [2.24, 2.45) is 10.2 Å². The molecule has 0 aromatic heterocycles. The van der Waals surface area contributed by atoms with E-state index in [1.807, 2.05) is 0 Å². The molecule has 1 amide bonds. The molecule has 0 saturated heterocycles. The predicted molar refractivity (Wildman–Crippen MR) is 144 cm³/mol. The molecule has 0 aliphatic heterocycles. The van der Waals surface area contributed by atoms with Gasteiger partial charge in [-0.2, -0.15) is 18.6 Å². The molecule has 4 aromatic rings. The number of rotatable bonds is 7. The number of methoxy groups -OCH3 is 1. The molecule has 9 nitrogen and oxygen atoms in total. The first-order chi connectivity index (χ1) is 18.0. The van der Waals surface area contributed by atoms with Gasteiger partial charge in [0.15, 0.2) is 0 Å². The number of carbonyl (C=O) groups is 1.